The van der Waals surface area contributed by atoms with Crippen LogP contribution < -0.4 is 5.32 Å². The molecule has 1 aromatic rings. The summed E-state index contributed by atoms with van der Waals surface area (Å²) in [6.45, 7) is 6.71. The largest absolute Gasteiger partial charge is 0.322 e. The summed E-state index contributed by atoms with van der Waals surface area (Å²) in [5.74, 6) is 0.562. The summed E-state index contributed by atoms with van der Waals surface area (Å²) in [7, 11) is -2.86. The molecule has 24 heavy (non-hydrogen) atoms. The summed E-state index contributed by atoms with van der Waals surface area (Å²) in [5, 5.41) is 3.02. The third kappa shape index (κ3) is 3.72. The number of para-hydroxylation sites is 1. The highest BCUT2D eigenvalue weighted by Crippen LogP contribution is 2.22. The quantitative estimate of drug-likeness (QED) is 0.879. The van der Waals surface area contributed by atoms with Gasteiger partial charge in [0, 0.05) is 37.9 Å². The zero-order chi connectivity index (χ0) is 17.3. The molecule has 0 aromatic heterocycles. The lowest BCUT2D eigenvalue weighted by molar-refractivity contribution is 0.121. The summed E-state index contributed by atoms with van der Waals surface area (Å²) < 4.78 is 23.2. The Morgan fingerprint density at radius 2 is 1.75 bits per heavy atom. The van der Waals surface area contributed by atoms with E-state index in [2.05, 4.69) is 10.2 Å². The molecule has 2 amide bonds. The monoisotopic (exact) mass is 351 g/mol. The molecule has 2 heterocycles. The number of carbonyl (C=O) groups excluding carboxylic acids is 1. The maximum Gasteiger partial charge on any atom is 0.321 e. The van der Waals surface area contributed by atoms with Gasteiger partial charge in [0.05, 0.1) is 11.5 Å². The van der Waals surface area contributed by atoms with Crippen LogP contribution in [0.1, 0.15) is 17.5 Å². The number of rotatable bonds is 2. The summed E-state index contributed by atoms with van der Waals surface area (Å²) in [4.78, 5) is 16.5. The van der Waals surface area contributed by atoms with Gasteiger partial charge in [-0.1, -0.05) is 18.2 Å². The Kier molecular flexibility index (Phi) is 4.83. The van der Waals surface area contributed by atoms with Crippen LogP contribution in [0, 0.1) is 13.8 Å². The molecule has 3 rings (SSSR count). The van der Waals surface area contributed by atoms with E-state index in [1.807, 2.05) is 36.9 Å². The van der Waals surface area contributed by atoms with Gasteiger partial charge in [0.2, 0.25) is 0 Å². The number of amides is 2. The minimum Gasteiger partial charge on any atom is -0.322 e. The van der Waals surface area contributed by atoms with Crippen LogP contribution in [-0.4, -0.2) is 68.0 Å². The maximum atomic E-state index is 12.5. The number of nitrogens with one attached hydrogen (secondary N) is 1. The first-order valence-corrected chi connectivity index (χ1v) is 10.2. The molecule has 1 unspecified atom stereocenters. The Morgan fingerprint density at radius 1 is 1.12 bits per heavy atom. The molecule has 1 aromatic carbocycles. The average Bonchev–Trinajstić information content (AvgIpc) is 2.91. The highest BCUT2D eigenvalue weighted by atomic mass is 32.2. The molecule has 2 aliphatic heterocycles. The first-order chi connectivity index (χ1) is 11.4. The van der Waals surface area contributed by atoms with Gasteiger partial charge in [0.15, 0.2) is 9.84 Å². The molecule has 2 saturated heterocycles. The second-order valence-electron chi connectivity index (χ2n) is 6.78. The Morgan fingerprint density at radius 3 is 2.29 bits per heavy atom. The fourth-order valence-electron chi connectivity index (χ4n) is 3.55. The Balaban J connectivity index is 1.56. The number of anilines is 1. The van der Waals surface area contributed by atoms with E-state index < -0.39 is 9.84 Å². The van der Waals surface area contributed by atoms with Crippen molar-refractivity contribution in [1.82, 2.24) is 9.80 Å². The number of nitrogens with zero attached hydrogens (tertiary/aromatic N) is 2. The molecule has 1 atom stereocenters. The zero-order valence-corrected chi connectivity index (χ0v) is 15.1. The summed E-state index contributed by atoms with van der Waals surface area (Å²) >= 11 is 0. The lowest BCUT2D eigenvalue weighted by Crippen LogP contribution is -2.53. The van der Waals surface area contributed by atoms with Crippen LogP contribution in [0.15, 0.2) is 18.2 Å². The number of sulfone groups is 1. The predicted molar refractivity (Wildman–Crippen MR) is 95.1 cm³/mol. The van der Waals surface area contributed by atoms with Gasteiger partial charge in [-0.05, 0) is 31.4 Å². The van der Waals surface area contributed by atoms with Crippen LogP contribution in [-0.2, 0) is 9.84 Å². The van der Waals surface area contributed by atoms with Crippen molar-refractivity contribution in [3.63, 3.8) is 0 Å². The van der Waals surface area contributed by atoms with E-state index in [0.29, 0.717) is 18.8 Å². The van der Waals surface area contributed by atoms with Crippen LogP contribution in [0.2, 0.25) is 0 Å². The number of benzene rings is 1. The van der Waals surface area contributed by atoms with Crippen LogP contribution >= 0.6 is 0 Å². The van der Waals surface area contributed by atoms with Crippen molar-refractivity contribution in [1.29, 1.82) is 0 Å². The molecule has 0 radical (unpaired) electrons. The topological polar surface area (TPSA) is 69.7 Å². The van der Waals surface area contributed by atoms with Gasteiger partial charge in [-0.25, -0.2) is 13.2 Å². The predicted octanol–water partition coefficient (Wildman–Crippen LogP) is 1.64. The van der Waals surface area contributed by atoms with Crippen molar-refractivity contribution < 1.29 is 13.2 Å². The van der Waals surface area contributed by atoms with E-state index in [0.717, 1.165) is 36.3 Å². The van der Waals surface area contributed by atoms with Crippen LogP contribution in [0.5, 0.6) is 0 Å². The van der Waals surface area contributed by atoms with E-state index in [-0.39, 0.29) is 17.8 Å². The number of hydrogen-bond acceptors (Lipinski definition) is 4. The number of urea groups is 1. The summed E-state index contributed by atoms with van der Waals surface area (Å²) in [6, 6.07) is 6.00. The Bertz CT molecular complexity index is 704. The van der Waals surface area contributed by atoms with Gasteiger partial charge in [-0.2, -0.15) is 0 Å². The van der Waals surface area contributed by atoms with Crippen molar-refractivity contribution in [2.24, 2.45) is 0 Å². The highest BCUT2D eigenvalue weighted by Gasteiger charge is 2.34. The van der Waals surface area contributed by atoms with Gasteiger partial charge < -0.3 is 10.2 Å². The molecule has 2 fully saturated rings. The van der Waals surface area contributed by atoms with E-state index in [1.165, 1.54) is 0 Å². The number of aryl methyl sites for hydroxylation is 2. The number of carbonyl (C=O) groups is 1. The average molecular weight is 351 g/mol. The lowest BCUT2D eigenvalue weighted by atomic mass is 10.1. The Labute approximate surface area is 143 Å². The van der Waals surface area contributed by atoms with Crippen LogP contribution in [0.4, 0.5) is 10.5 Å². The van der Waals surface area contributed by atoms with Crippen molar-refractivity contribution >= 4 is 21.6 Å². The smallest absolute Gasteiger partial charge is 0.321 e. The molecule has 0 aliphatic carbocycles. The molecule has 7 heteroatoms. The Hall–Kier alpha value is -1.60. The second-order valence-corrected chi connectivity index (χ2v) is 9.01. The summed E-state index contributed by atoms with van der Waals surface area (Å²) in [5.41, 5.74) is 2.99. The van der Waals surface area contributed by atoms with Gasteiger partial charge >= 0.3 is 6.03 Å². The van der Waals surface area contributed by atoms with E-state index in [1.54, 1.807) is 0 Å². The zero-order valence-electron chi connectivity index (χ0n) is 14.3. The van der Waals surface area contributed by atoms with Crippen LogP contribution in [0.3, 0.4) is 0 Å². The number of piperazine rings is 1. The second kappa shape index (κ2) is 6.72. The molecule has 0 spiro atoms. The van der Waals surface area contributed by atoms with Gasteiger partial charge in [-0.15, -0.1) is 0 Å². The molecular formula is C17H25N3O3S. The van der Waals surface area contributed by atoms with Gasteiger partial charge in [0.1, 0.15) is 0 Å². The maximum absolute atomic E-state index is 12.5. The minimum atomic E-state index is -2.86. The molecular weight excluding hydrogens is 326 g/mol. The van der Waals surface area contributed by atoms with E-state index in [9.17, 15) is 13.2 Å². The standard InChI is InChI=1S/C17H25N3O3S/c1-13-4-3-5-14(2)16(13)18-17(21)20-9-7-19(8-10-20)15-6-11-24(22,23)12-15/h3-5,15H,6-12H2,1-2H3,(H,18,21). The van der Waals surface area contributed by atoms with E-state index >= 15 is 0 Å². The molecule has 2 aliphatic rings. The highest BCUT2D eigenvalue weighted by molar-refractivity contribution is 7.91. The van der Waals surface area contributed by atoms with Crippen molar-refractivity contribution in [2.45, 2.75) is 26.3 Å². The molecule has 132 valence electrons. The minimum absolute atomic E-state index is 0.0777. The fraction of sp³-hybridized carbons (Fsp3) is 0.588. The van der Waals surface area contributed by atoms with Crippen molar-refractivity contribution in [3.8, 4) is 0 Å². The van der Waals surface area contributed by atoms with Gasteiger partial charge in [-0.3, -0.25) is 4.90 Å². The van der Waals surface area contributed by atoms with Crippen molar-refractivity contribution in [3.05, 3.63) is 29.3 Å². The third-order valence-electron chi connectivity index (χ3n) is 5.04. The molecule has 0 bridgehead atoms. The SMILES string of the molecule is Cc1cccc(C)c1NC(=O)N1CCN(C2CCS(=O)(=O)C2)CC1. The molecule has 1 N–H and O–H groups in total. The number of hydrogen-bond donors (Lipinski definition) is 1. The summed E-state index contributed by atoms with van der Waals surface area (Å²) in [6.07, 6.45) is 0.719. The first kappa shape index (κ1) is 17.2. The van der Waals surface area contributed by atoms with Gasteiger partial charge in [0.25, 0.3) is 0 Å². The first-order valence-electron chi connectivity index (χ1n) is 8.42. The van der Waals surface area contributed by atoms with Crippen molar-refractivity contribution in [2.75, 3.05) is 43.0 Å². The van der Waals surface area contributed by atoms with Crippen LogP contribution in [0.25, 0.3) is 0 Å². The van der Waals surface area contributed by atoms with E-state index in [4.69, 9.17) is 0 Å². The molecule has 6 nitrogen and oxygen atoms in total. The normalized spacial score (nSPS) is 24.1. The molecule has 0 saturated carbocycles. The lowest BCUT2D eigenvalue weighted by Gasteiger charge is -2.37. The third-order valence-corrected chi connectivity index (χ3v) is 6.79. The fourth-order valence-corrected chi connectivity index (χ4v) is 5.31.